The molecule has 0 aromatic rings. The quantitative estimate of drug-likeness (QED) is 0.451. The van der Waals surface area contributed by atoms with Crippen molar-refractivity contribution in [3.63, 3.8) is 0 Å². The van der Waals surface area contributed by atoms with Crippen molar-refractivity contribution < 1.29 is 18.9 Å². The maximum atomic E-state index is 5.69. The van der Waals surface area contributed by atoms with Crippen LogP contribution in [-0.4, -0.2) is 44.9 Å². The van der Waals surface area contributed by atoms with Crippen LogP contribution in [0.15, 0.2) is 0 Å². The van der Waals surface area contributed by atoms with E-state index < -0.39 is 0 Å². The van der Waals surface area contributed by atoms with Crippen LogP contribution in [0.2, 0.25) is 0 Å². The minimum Gasteiger partial charge on any atom is -0.371 e. The first-order chi connectivity index (χ1) is 7.29. The highest BCUT2D eigenvalue weighted by Crippen LogP contribution is 2.19. The standard InChI is InChI=1S/C11H20O4/c1-3-8(2)11(14-6-9-4-12-9)15-7-10-5-13-10/h8-11H,3-7H2,1-2H3. The van der Waals surface area contributed by atoms with E-state index in [-0.39, 0.29) is 6.29 Å². The van der Waals surface area contributed by atoms with Crippen LogP contribution in [0.1, 0.15) is 20.3 Å². The minimum atomic E-state index is -0.108. The second-order valence-corrected chi connectivity index (χ2v) is 4.33. The fourth-order valence-electron chi connectivity index (χ4n) is 1.30. The van der Waals surface area contributed by atoms with E-state index in [1.807, 2.05) is 0 Å². The van der Waals surface area contributed by atoms with Crippen molar-refractivity contribution in [3.05, 3.63) is 0 Å². The predicted octanol–water partition coefficient (Wildman–Crippen LogP) is 1.19. The third-order valence-electron chi connectivity index (χ3n) is 2.81. The Bertz CT molecular complexity index is 173. The second-order valence-electron chi connectivity index (χ2n) is 4.33. The fourth-order valence-corrected chi connectivity index (χ4v) is 1.30. The number of epoxide rings is 2. The molecule has 3 unspecified atom stereocenters. The lowest BCUT2D eigenvalue weighted by Gasteiger charge is -2.23. The van der Waals surface area contributed by atoms with E-state index in [0.717, 1.165) is 19.6 Å². The fraction of sp³-hybridized carbons (Fsp3) is 1.00. The Balaban J connectivity index is 1.66. The molecule has 0 aromatic heterocycles. The van der Waals surface area contributed by atoms with Crippen LogP contribution in [0.5, 0.6) is 0 Å². The van der Waals surface area contributed by atoms with Crippen molar-refractivity contribution in [2.75, 3.05) is 26.4 Å². The lowest BCUT2D eigenvalue weighted by atomic mass is 10.1. The predicted molar refractivity (Wildman–Crippen MR) is 54.6 cm³/mol. The molecule has 0 radical (unpaired) electrons. The van der Waals surface area contributed by atoms with Gasteiger partial charge in [0.05, 0.1) is 26.4 Å². The summed E-state index contributed by atoms with van der Waals surface area (Å²) in [5.41, 5.74) is 0. The Morgan fingerprint density at radius 2 is 1.60 bits per heavy atom. The normalized spacial score (nSPS) is 32.4. The van der Waals surface area contributed by atoms with E-state index in [0.29, 0.717) is 31.3 Å². The summed E-state index contributed by atoms with van der Waals surface area (Å²) < 4.78 is 21.6. The van der Waals surface area contributed by atoms with Gasteiger partial charge in [-0.25, -0.2) is 0 Å². The van der Waals surface area contributed by atoms with Gasteiger partial charge in [-0.1, -0.05) is 13.8 Å². The zero-order valence-corrected chi connectivity index (χ0v) is 9.48. The molecule has 2 aliphatic heterocycles. The van der Waals surface area contributed by atoms with E-state index in [1.165, 1.54) is 0 Å². The van der Waals surface area contributed by atoms with Crippen molar-refractivity contribution in [3.8, 4) is 0 Å². The van der Waals surface area contributed by atoms with Gasteiger partial charge in [0.1, 0.15) is 12.2 Å². The molecule has 15 heavy (non-hydrogen) atoms. The first kappa shape index (κ1) is 11.3. The third-order valence-corrected chi connectivity index (χ3v) is 2.81. The Labute approximate surface area is 90.8 Å². The monoisotopic (exact) mass is 216 g/mol. The van der Waals surface area contributed by atoms with Gasteiger partial charge in [-0.3, -0.25) is 0 Å². The minimum absolute atomic E-state index is 0.108. The number of rotatable bonds is 8. The van der Waals surface area contributed by atoms with E-state index in [2.05, 4.69) is 13.8 Å². The van der Waals surface area contributed by atoms with Crippen LogP contribution >= 0.6 is 0 Å². The van der Waals surface area contributed by atoms with Crippen molar-refractivity contribution in [1.29, 1.82) is 0 Å². The number of ether oxygens (including phenoxy) is 4. The first-order valence-electron chi connectivity index (χ1n) is 5.76. The molecule has 0 saturated carbocycles. The average molecular weight is 216 g/mol. The number of hydrogen-bond donors (Lipinski definition) is 0. The van der Waals surface area contributed by atoms with E-state index in [4.69, 9.17) is 18.9 Å². The van der Waals surface area contributed by atoms with Gasteiger partial charge >= 0.3 is 0 Å². The highest BCUT2D eigenvalue weighted by atomic mass is 16.7. The molecule has 2 fully saturated rings. The maximum Gasteiger partial charge on any atom is 0.160 e. The SMILES string of the molecule is CCC(C)C(OCC1CO1)OCC1CO1. The zero-order valence-electron chi connectivity index (χ0n) is 9.48. The van der Waals surface area contributed by atoms with Crippen LogP contribution in [0.25, 0.3) is 0 Å². The van der Waals surface area contributed by atoms with Crippen LogP contribution in [0.3, 0.4) is 0 Å². The van der Waals surface area contributed by atoms with Crippen molar-refractivity contribution in [2.45, 2.75) is 38.8 Å². The molecule has 2 aliphatic rings. The van der Waals surface area contributed by atoms with Gasteiger partial charge in [0.25, 0.3) is 0 Å². The average Bonchev–Trinajstić information content (AvgIpc) is 3.10. The summed E-state index contributed by atoms with van der Waals surface area (Å²) in [4.78, 5) is 0. The Morgan fingerprint density at radius 3 is 1.93 bits per heavy atom. The summed E-state index contributed by atoms with van der Waals surface area (Å²) in [5.74, 6) is 0.419. The lowest BCUT2D eigenvalue weighted by molar-refractivity contribution is -0.173. The molecule has 0 N–H and O–H groups in total. The molecule has 2 heterocycles. The van der Waals surface area contributed by atoms with Gasteiger partial charge < -0.3 is 18.9 Å². The van der Waals surface area contributed by atoms with E-state index >= 15 is 0 Å². The van der Waals surface area contributed by atoms with Crippen LogP contribution in [0, 0.1) is 5.92 Å². The molecule has 0 amide bonds. The molecular weight excluding hydrogens is 196 g/mol. The van der Waals surface area contributed by atoms with Crippen LogP contribution in [0.4, 0.5) is 0 Å². The summed E-state index contributed by atoms with van der Waals surface area (Å²) >= 11 is 0. The zero-order chi connectivity index (χ0) is 10.7. The molecule has 2 saturated heterocycles. The third kappa shape index (κ3) is 4.07. The smallest absolute Gasteiger partial charge is 0.160 e. The number of hydrogen-bond acceptors (Lipinski definition) is 4. The molecule has 88 valence electrons. The Kier molecular flexibility index (Phi) is 3.97. The molecule has 0 bridgehead atoms. The molecule has 4 nitrogen and oxygen atoms in total. The van der Waals surface area contributed by atoms with Crippen LogP contribution < -0.4 is 0 Å². The topological polar surface area (TPSA) is 43.5 Å². The van der Waals surface area contributed by atoms with Gasteiger partial charge in [0, 0.05) is 5.92 Å². The molecule has 2 rings (SSSR count). The van der Waals surface area contributed by atoms with Gasteiger partial charge in [-0.05, 0) is 6.42 Å². The van der Waals surface area contributed by atoms with Gasteiger partial charge in [0.15, 0.2) is 6.29 Å². The summed E-state index contributed by atoms with van der Waals surface area (Å²) in [6.07, 6.45) is 1.56. The molecule has 3 atom stereocenters. The van der Waals surface area contributed by atoms with Crippen LogP contribution in [-0.2, 0) is 18.9 Å². The molecule has 0 spiro atoms. The van der Waals surface area contributed by atoms with Crippen molar-refractivity contribution >= 4 is 0 Å². The second kappa shape index (κ2) is 5.25. The summed E-state index contributed by atoms with van der Waals surface area (Å²) in [7, 11) is 0. The lowest BCUT2D eigenvalue weighted by Crippen LogP contribution is -2.28. The maximum absolute atomic E-state index is 5.69. The summed E-state index contributed by atoms with van der Waals surface area (Å²) in [5, 5.41) is 0. The van der Waals surface area contributed by atoms with E-state index in [1.54, 1.807) is 0 Å². The molecule has 0 aliphatic carbocycles. The Morgan fingerprint density at radius 1 is 1.13 bits per heavy atom. The molecule has 0 aromatic carbocycles. The van der Waals surface area contributed by atoms with Gasteiger partial charge in [-0.15, -0.1) is 0 Å². The molecular formula is C11H20O4. The highest BCUT2D eigenvalue weighted by molar-refractivity contribution is 4.71. The van der Waals surface area contributed by atoms with Crippen molar-refractivity contribution in [2.24, 2.45) is 5.92 Å². The summed E-state index contributed by atoms with van der Waals surface area (Å²) in [6, 6.07) is 0. The van der Waals surface area contributed by atoms with Gasteiger partial charge in [0.2, 0.25) is 0 Å². The van der Waals surface area contributed by atoms with Gasteiger partial charge in [-0.2, -0.15) is 0 Å². The highest BCUT2D eigenvalue weighted by Gasteiger charge is 2.29. The molecule has 4 heteroatoms. The Hall–Kier alpha value is -0.160. The van der Waals surface area contributed by atoms with Crippen molar-refractivity contribution in [1.82, 2.24) is 0 Å². The summed E-state index contributed by atoms with van der Waals surface area (Å²) in [6.45, 7) is 7.26. The largest absolute Gasteiger partial charge is 0.371 e. The first-order valence-corrected chi connectivity index (χ1v) is 5.76. The van der Waals surface area contributed by atoms with E-state index in [9.17, 15) is 0 Å².